The zero-order valence-corrected chi connectivity index (χ0v) is 14.7. The van der Waals surface area contributed by atoms with Gasteiger partial charge in [0.05, 0.1) is 12.8 Å². The largest absolute Gasteiger partial charge is 0.493 e. The lowest BCUT2D eigenvalue weighted by Gasteiger charge is -2.13. The third-order valence-electron chi connectivity index (χ3n) is 4.01. The van der Waals surface area contributed by atoms with Gasteiger partial charge in [-0.25, -0.2) is 4.98 Å². The smallest absolute Gasteiger partial charge is 0.251 e. The fourth-order valence-electron chi connectivity index (χ4n) is 2.65. The normalized spacial score (nSPS) is 10.7. The van der Waals surface area contributed by atoms with Gasteiger partial charge in [-0.15, -0.1) is 0 Å². The molecule has 6 heteroatoms. The van der Waals surface area contributed by atoms with Crippen molar-refractivity contribution in [3.63, 3.8) is 0 Å². The Morgan fingerprint density at radius 1 is 1.28 bits per heavy atom. The molecule has 3 rings (SSSR count). The molecule has 3 aromatic rings. The summed E-state index contributed by atoms with van der Waals surface area (Å²) < 4.78 is 7.24. The van der Waals surface area contributed by atoms with Gasteiger partial charge in [0.15, 0.2) is 11.4 Å². The van der Waals surface area contributed by atoms with E-state index in [1.54, 1.807) is 7.11 Å². The van der Waals surface area contributed by atoms with Gasteiger partial charge in [-0.2, -0.15) is 0 Å². The number of carbonyl (C=O) groups excluding carboxylic acids is 1. The number of fused-ring (bicyclic) bond motifs is 1. The predicted octanol–water partition coefficient (Wildman–Crippen LogP) is 2.38. The molecular formula is C19H22N4O2. The van der Waals surface area contributed by atoms with E-state index in [0.29, 0.717) is 18.5 Å². The predicted molar refractivity (Wildman–Crippen MR) is 98.6 cm³/mol. The first kappa shape index (κ1) is 16.8. The van der Waals surface area contributed by atoms with Crippen molar-refractivity contribution in [1.82, 2.24) is 14.7 Å². The van der Waals surface area contributed by atoms with Crippen LogP contribution in [0.3, 0.4) is 0 Å². The number of rotatable bonds is 6. The molecule has 0 aliphatic rings. The Labute approximate surface area is 147 Å². The minimum Gasteiger partial charge on any atom is -0.493 e. The van der Waals surface area contributed by atoms with Gasteiger partial charge in [0.25, 0.3) is 5.91 Å². The number of benzene rings is 1. The van der Waals surface area contributed by atoms with Crippen LogP contribution in [0.5, 0.6) is 5.75 Å². The van der Waals surface area contributed by atoms with Crippen molar-refractivity contribution in [3.8, 4) is 5.75 Å². The average Bonchev–Trinajstić information content (AvgIpc) is 3.04. The van der Waals surface area contributed by atoms with Crippen molar-refractivity contribution in [2.75, 3.05) is 32.6 Å². The summed E-state index contributed by atoms with van der Waals surface area (Å²) in [6.07, 6.45) is 4.54. The molecule has 0 radical (unpaired) electrons. The van der Waals surface area contributed by atoms with E-state index in [1.807, 2.05) is 72.2 Å². The van der Waals surface area contributed by atoms with Crippen LogP contribution in [-0.2, 0) is 6.42 Å². The number of pyridine rings is 1. The van der Waals surface area contributed by atoms with E-state index in [9.17, 15) is 4.79 Å². The highest BCUT2D eigenvalue weighted by atomic mass is 16.5. The molecule has 2 heterocycles. The highest BCUT2D eigenvalue weighted by Gasteiger charge is 2.09. The number of anilines is 1. The molecule has 25 heavy (non-hydrogen) atoms. The quantitative estimate of drug-likeness (QED) is 0.750. The van der Waals surface area contributed by atoms with E-state index in [1.165, 1.54) is 0 Å². The fraction of sp³-hybridized carbons (Fsp3) is 0.263. The highest BCUT2D eigenvalue weighted by molar-refractivity contribution is 5.95. The maximum Gasteiger partial charge on any atom is 0.251 e. The topological polar surface area (TPSA) is 58.9 Å². The van der Waals surface area contributed by atoms with Crippen molar-refractivity contribution in [2.24, 2.45) is 0 Å². The molecule has 0 spiro atoms. The standard InChI is InChI=1S/C19H22N4O2/c1-22(2)16-7-4-6-14(12-16)19(24)20-10-9-15-13-23-11-5-8-17(25-3)18(23)21-15/h4-8,11-13H,9-10H2,1-3H3,(H,20,24). The van der Waals surface area contributed by atoms with Crippen molar-refractivity contribution in [3.05, 3.63) is 60.0 Å². The summed E-state index contributed by atoms with van der Waals surface area (Å²) in [4.78, 5) is 18.9. The summed E-state index contributed by atoms with van der Waals surface area (Å²) in [5.74, 6) is 0.656. The number of nitrogens with one attached hydrogen (secondary N) is 1. The number of hydrogen-bond acceptors (Lipinski definition) is 4. The van der Waals surface area contributed by atoms with Crippen molar-refractivity contribution in [2.45, 2.75) is 6.42 Å². The number of hydrogen-bond donors (Lipinski definition) is 1. The molecule has 2 aromatic heterocycles. The van der Waals surface area contributed by atoms with Crippen molar-refractivity contribution < 1.29 is 9.53 Å². The Morgan fingerprint density at radius 3 is 2.88 bits per heavy atom. The highest BCUT2D eigenvalue weighted by Crippen LogP contribution is 2.18. The van der Waals surface area contributed by atoms with E-state index in [0.717, 1.165) is 22.8 Å². The number of aromatic nitrogens is 2. The van der Waals surface area contributed by atoms with Crippen LogP contribution < -0.4 is 15.0 Å². The van der Waals surface area contributed by atoms with Gasteiger partial charge >= 0.3 is 0 Å². The first-order valence-electron chi connectivity index (χ1n) is 8.14. The molecule has 130 valence electrons. The molecule has 0 bridgehead atoms. The number of ether oxygens (including phenoxy) is 1. The van der Waals surface area contributed by atoms with E-state index in [2.05, 4.69) is 10.3 Å². The first-order valence-corrected chi connectivity index (χ1v) is 8.14. The zero-order chi connectivity index (χ0) is 17.8. The second kappa shape index (κ2) is 7.25. The van der Waals surface area contributed by atoms with Crippen molar-refractivity contribution in [1.29, 1.82) is 0 Å². The van der Waals surface area contributed by atoms with Crippen LogP contribution in [0.4, 0.5) is 5.69 Å². The van der Waals surface area contributed by atoms with Crippen LogP contribution in [0, 0.1) is 0 Å². The maximum atomic E-state index is 12.3. The minimum absolute atomic E-state index is 0.0787. The van der Waals surface area contributed by atoms with E-state index in [4.69, 9.17) is 4.74 Å². The molecule has 1 amide bonds. The monoisotopic (exact) mass is 338 g/mol. The molecular weight excluding hydrogens is 316 g/mol. The molecule has 0 aliphatic heterocycles. The molecule has 6 nitrogen and oxygen atoms in total. The summed E-state index contributed by atoms with van der Waals surface area (Å²) in [5.41, 5.74) is 3.35. The maximum absolute atomic E-state index is 12.3. The Hall–Kier alpha value is -3.02. The second-order valence-corrected chi connectivity index (χ2v) is 5.99. The Kier molecular flexibility index (Phi) is 4.88. The Bertz CT molecular complexity index is 886. The van der Waals surface area contributed by atoms with Crippen LogP contribution in [0.25, 0.3) is 5.65 Å². The van der Waals surface area contributed by atoms with Crippen LogP contribution >= 0.6 is 0 Å². The molecule has 0 atom stereocenters. The van der Waals surface area contributed by atoms with E-state index >= 15 is 0 Å². The third-order valence-corrected chi connectivity index (χ3v) is 4.01. The number of imidazole rings is 1. The SMILES string of the molecule is COc1cccn2cc(CCNC(=O)c3cccc(N(C)C)c3)nc12. The summed E-state index contributed by atoms with van der Waals surface area (Å²) in [5, 5.41) is 2.95. The lowest BCUT2D eigenvalue weighted by Crippen LogP contribution is -2.26. The van der Waals surface area contributed by atoms with E-state index < -0.39 is 0 Å². The van der Waals surface area contributed by atoms with Crippen LogP contribution in [0.15, 0.2) is 48.8 Å². The van der Waals surface area contributed by atoms with Gasteiger partial charge in [-0.05, 0) is 30.3 Å². The Morgan fingerprint density at radius 2 is 2.12 bits per heavy atom. The molecule has 1 aromatic carbocycles. The molecule has 0 fully saturated rings. The summed E-state index contributed by atoms with van der Waals surface area (Å²) in [6.45, 7) is 0.525. The van der Waals surface area contributed by atoms with Crippen molar-refractivity contribution >= 4 is 17.2 Å². The molecule has 1 N–H and O–H groups in total. The van der Waals surface area contributed by atoms with Crippen LogP contribution in [0.1, 0.15) is 16.1 Å². The van der Waals surface area contributed by atoms with Crippen LogP contribution in [0.2, 0.25) is 0 Å². The van der Waals surface area contributed by atoms with Crippen LogP contribution in [-0.4, -0.2) is 43.0 Å². The summed E-state index contributed by atoms with van der Waals surface area (Å²) in [6, 6.07) is 11.4. The fourth-order valence-corrected chi connectivity index (χ4v) is 2.65. The van der Waals surface area contributed by atoms with E-state index in [-0.39, 0.29) is 5.91 Å². The average molecular weight is 338 g/mol. The van der Waals surface area contributed by atoms with Gasteiger partial charge in [-0.1, -0.05) is 6.07 Å². The molecule has 0 saturated carbocycles. The number of nitrogens with zero attached hydrogens (tertiary/aromatic N) is 3. The molecule has 0 saturated heterocycles. The summed E-state index contributed by atoms with van der Waals surface area (Å²) in [7, 11) is 5.54. The zero-order valence-electron chi connectivity index (χ0n) is 14.7. The minimum atomic E-state index is -0.0787. The summed E-state index contributed by atoms with van der Waals surface area (Å²) >= 11 is 0. The molecule has 0 unspecified atom stereocenters. The molecule has 0 aliphatic carbocycles. The number of methoxy groups -OCH3 is 1. The third kappa shape index (κ3) is 3.74. The Balaban J connectivity index is 1.63. The number of amides is 1. The number of carbonyl (C=O) groups is 1. The lowest BCUT2D eigenvalue weighted by molar-refractivity contribution is 0.0954. The van der Waals surface area contributed by atoms with Gasteiger partial charge in [0.2, 0.25) is 0 Å². The first-order chi connectivity index (χ1) is 12.1. The van der Waals surface area contributed by atoms with Gasteiger partial charge in [0.1, 0.15) is 0 Å². The second-order valence-electron chi connectivity index (χ2n) is 5.99. The van der Waals surface area contributed by atoms with Gasteiger partial charge in [-0.3, -0.25) is 4.79 Å². The lowest BCUT2D eigenvalue weighted by atomic mass is 10.2. The van der Waals surface area contributed by atoms with Gasteiger partial charge in [0, 0.05) is 50.7 Å². The van der Waals surface area contributed by atoms with Gasteiger partial charge < -0.3 is 19.4 Å².